The third-order valence-electron chi connectivity index (χ3n) is 3.03. The summed E-state index contributed by atoms with van der Waals surface area (Å²) < 4.78 is 0. The van der Waals surface area contributed by atoms with Gasteiger partial charge in [-0.15, -0.1) is 26.3 Å². The number of carbonyl (C=O) groups is 4. The Morgan fingerprint density at radius 3 is 0.769 bits per heavy atom. The first-order chi connectivity index (χ1) is 12.2. The minimum Gasteiger partial charge on any atom is -0.478 e. The summed E-state index contributed by atoms with van der Waals surface area (Å²) in [6, 6.07) is 4.00. The van der Waals surface area contributed by atoms with Gasteiger partial charge in [0.15, 0.2) is 0 Å². The molecule has 2 rings (SSSR count). The van der Waals surface area contributed by atoms with E-state index in [1.807, 2.05) is 0 Å². The number of carboxylic acid groups (broad SMARTS) is 4. The van der Waals surface area contributed by atoms with Crippen LogP contribution in [0.1, 0.15) is 41.4 Å². The molecule has 0 amide bonds. The molecule has 0 fully saturated rings. The second-order valence-electron chi connectivity index (χ2n) is 4.36. The summed E-state index contributed by atoms with van der Waals surface area (Å²) in [5.41, 5.74) is -2.06. The lowest BCUT2D eigenvalue weighted by Crippen LogP contribution is -2.10. The van der Waals surface area contributed by atoms with Crippen molar-refractivity contribution in [3.8, 4) is 0 Å². The highest BCUT2D eigenvalue weighted by atomic mass is 16.4. The molecule has 0 saturated heterocycles. The lowest BCUT2D eigenvalue weighted by atomic mass is 9.96. The quantitative estimate of drug-likeness (QED) is 0.607. The van der Waals surface area contributed by atoms with E-state index in [4.69, 9.17) is 20.4 Å². The molecule has 8 heteroatoms. The first-order valence-electron chi connectivity index (χ1n) is 6.77. The zero-order valence-corrected chi connectivity index (χ0v) is 13.6. The number of hydrogen-bond acceptors (Lipinski definition) is 4. The molecule has 0 aliphatic carbocycles. The van der Waals surface area contributed by atoms with Crippen LogP contribution in [0.3, 0.4) is 0 Å². The number of hydrogen-bond donors (Lipinski definition) is 4. The molecule has 0 aliphatic heterocycles. The van der Waals surface area contributed by atoms with Crippen LogP contribution in [0.2, 0.25) is 0 Å². The van der Waals surface area contributed by atoms with Gasteiger partial charge in [0.25, 0.3) is 0 Å². The summed E-state index contributed by atoms with van der Waals surface area (Å²) in [5.74, 6) is -5.95. The van der Waals surface area contributed by atoms with Gasteiger partial charge in [-0.2, -0.15) is 0 Å². The number of benzene rings is 2. The average Bonchev–Trinajstić information content (AvgIpc) is 2.62. The zero-order valence-electron chi connectivity index (χ0n) is 13.6. The van der Waals surface area contributed by atoms with E-state index in [0.717, 1.165) is 24.3 Å². The van der Waals surface area contributed by atoms with Crippen molar-refractivity contribution in [2.45, 2.75) is 0 Å². The van der Waals surface area contributed by atoms with Crippen molar-refractivity contribution in [3.05, 3.63) is 72.8 Å². The normalized spacial score (nSPS) is 9.08. The maximum absolute atomic E-state index is 11.1. The summed E-state index contributed by atoms with van der Waals surface area (Å²) >= 11 is 0. The first kappa shape index (κ1) is 22.1. The molecule has 0 bridgehead atoms. The van der Waals surface area contributed by atoms with Crippen molar-refractivity contribution in [2.75, 3.05) is 0 Å². The number of fused-ring (bicyclic) bond motifs is 1. The third-order valence-corrected chi connectivity index (χ3v) is 3.03. The second kappa shape index (κ2) is 9.38. The van der Waals surface area contributed by atoms with E-state index < -0.39 is 46.1 Å². The molecule has 0 aromatic heterocycles. The van der Waals surface area contributed by atoms with Gasteiger partial charge in [-0.3, -0.25) is 0 Å². The van der Waals surface area contributed by atoms with E-state index in [0.29, 0.717) is 0 Å². The Bertz CT molecular complexity index is 743. The SMILES string of the molecule is C=C.C=C.O=C(O)c1cc2cc(C(=O)O)c(C(=O)O)cc2cc1C(=O)O. The van der Waals surface area contributed by atoms with E-state index in [-0.39, 0.29) is 10.8 Å². The number of carboxylic acids is 4. The lowest BCUT2D eigenvalue weighted by Gasteiger charge is -2.08. The summed E-state index contributed by atoms with van der Waals surface area (Å²) in [7, 11) is 0. The highest BCUT2D eigenvalue weighted by Crippen LogP contribution is 2.25. The Morgan fingerprint density at radius 1 is 0.500 bits per heavy atom. The molecule has 2 aromatic carbocycles. The fourth-order valence-corrected chi connectivity index (χ4v) is 2.06. The van der Waals surface area contributed by atoms with Crippen molar-refractivity contribution in [2.24, 2.45) is 0 Å². The molecule has 0 atom stereocenters. The molecular weight excluding hydrogens is 344 g/mol. The van der Waals surface area contributed by atoms with Crippen molar-refractivity contribution < 1.29 is 39.6 Å². The molecule has 0 heterocycles. The van der Waals surface area contributed by atoms with Gasteiger partial charge in [0.05, 0.1) is 22.3 Å². The van der Waals surface area contributed by atoms with Gasteiger partial charge in [0.2, 0.25) is 0 Å². The molecule has 0 spiro atoms. The number of rotatable bonds is 4. The highest BCUT2D eigenvalue weighted by molar-refractivity contribution is 6.10. The van der Waals surface area contributed by atoms with Crippen LogP contribution in [-0.2, 0) is 0 Å². The first-order valence-corrected chi connectivity index (χ1v) is 6.77. The van der Waals surface area contributed by atoms with Gasteiger partial charge in [-0.05, 0) is 35.0 Å². The molecule has 136 valence electrons. The van der Waals surface area contributed by atoms with Crippen LogP contribution in [0.5, 0.6) is 0 Å². The van der Waals surface area contributed by atoms with Gasteiger partial charge in [0, 0.05) is 0 Å². The van der Waals surface area contributed by atoms with Gasteiger partial charge < -0.3 is 20.4 Å². The molecule has 8 nitrogen and oxygen atoms in total. The lowest BCUT2D eigenvalue weighted by molar-refractivity contribution is 0.0651. The summed E-state index contributed by atoms with van der Waals surface area (Å²) in [6.07, 6.45) is 0. The fraction of sp³-hybridized carbons (Fsp3) is 0. The third kappa shape index (κ3) is 4.54. The van der Waals surface area contributed by atoms with Gasteiger partial charge in [-0.1, -0.05) is 0 Å². The Labute approximate surface area is 147 Å². The van der Waals surface area contributed by atoms with Crippen LogP contribution < -0.4 is 0 Å². The van der Waals surface area contributed by atoms with Crippen LogP contribution in [0.15, 0.2) is 50.6 Å². The average molecular weight is 360 g/mol. The molecule has 0 radical (unpaired) electrons. The monoisotopic (exact) mass is 360 g/mol. The minimum absolute atomic E-state index is 0.116. The van der Waals surface area contributed by atoms with Gasteiger partial charge in [-0.25, -0.2) is 19.2 Å². The van der Waals surface area contributed by atoms with Gasteiger partial charge >= 0.3 is 23.9 Å². The predicted molar refractivity (Wildman–Crippen MR) is 94.3 cm³/mol. The van der Waals surface area contributed by atoms with Crippen LogP contribution in [0.4, 0.5) is 0 Å². The Kier molecular flexibility index (Phi) is 7.96. The van der Waals surface area contributed by atoms with E-state index >= 15 is 0 Å². The molecule has 0 aliphatic rings. The minimum atomic E-state index is -1.49. The van der Waals surface area contributed by atoms with E-state index in [2.05, 4.69) is 26.3 Å². The van der Waals surface area contributed by atoms with Crippen molar-refractivity contribution in [3.63, 3.8) is 0 Å². The predicted octanol–water partition coefficient (Wildman–Crippen LogP) is 3.24. The Balaban J connectivity index is 0.00000146. The van der Waals surface area contributed by atoms with Crippen LogP contribution in [0, 0.1) is 0 Å². The summed E-state index contributed by atoms with van der Waals surface area (Å²) in [5, 5.41) is 36.3. The maximum atomic E-state index is 11.1. The van der Waals surface area contributed by atoms with Crippen molar-refractivity contribution >= 4 is 34.6 Å². The Hall–Kier alpha value is -3.94. The van der Waals surface area contributed by atoms with Crippen LogP contribution in [0.25, 0.3) is 10.8 Å². The van der Waals surface area contributed by atoms with Crippen LogP contribution in [-0.4, -0.2) is 44.3 Å². The van der Waals surface area contributed by atoms with Crippen molar-refractivity contribution in [1.82, 2.24) is 0 Å². The second-order valence-corrected chi connectivity index (χ2v) is 4.36. The molecule has 0 unspecified atom stereocenters. The zero-order chi connectivity index (χ0) is 20.6. The maximum Gasteiger partial charge on any atom is 0.336 e. The largest absolute Gasteiger partial charge is 0.478 e. The van der Waals surface area contributed by atoms with Gasteiger partial charge in [0.1, 0.15) is 0 Å². The fourth-order valence-electron chi connectivity index (χ4n) is 2.06. The molecule has 4 N–H and O–H groups in total. The number of aromatic carboxylic acids is 4. The van der Waals surface area contributed by atoms with E-state index in [9.17, 15) is 19.2 Å². The molecular formula is C18H16O8. The van der Waals surface area contributed by atoms with Crippen LogP contribution >= 0.6 is 0 Å². The topological polar surface area (TPSA) is 149 Å². The van der Waals surface area contributed by atoms with Crippen molar-refractivity contribution in [1.29, 1.82) is 0 Å². The smallest absolute Gasteiger partial charge is 0.336 e. The molecule has 26 heavy (non-hydrogen) atoms. The van der Waals surface area contributed by atoms with E-state index in [1.165, 1.54) is 0 Å². The molecule has 2 aromatic rings. The van der Waals surface area contributed by atoms with E-state index in [1.54, 1.807) is 0 Å². The highest BCUT2D eigenvalue weighted by Gasteiger charge is 2.21. The Morgan fingerprint density at radius 2 is 0.654 bits per heavy atom. The molecule has 0 saturated carbocycles. The summed E-state index contributed by atoms with van der Waals surface area (Å²) in [6.45, 7) is 12.0. The standard InChI is InChI=1S/C14H8O8.2C2H4/c15-11(16)7-1-5-2-9(13(19)20)10(14(21)22)4-6(5)3-8(7)12(17)18;2*1-2/h1-4H,(H,15,16)(H,17,18)(H,19,20)(H,21,22);2*1-2H2. The summed E-state index contributed by atoms with van der Waals surface area (Å²) in [4.78, 5) is 44.4.